The summed E-state index contributed by atoms with van der Waals surface area (Å²) in [6, 6.07) is 13.3. The molecule has 1 heterocycles. The monoisotopic (exact) mass is 519 g/mol. The Morgan fingerprint density at radius 2 is 1.89 bits per heavy atom. The van der Waals surface area contributed by atoms with E-state index in [1.165, 1.54) is 23.8 Å². The number of nitrogens with zero attached hydrogens (tertiary/aromatic N) is 1. The number of sulfone groups is 1. The number of ether oxygens (including phenoxy) is 1. The van der Waals surface area contributed by atoms with Crippen LogP contribution in [0.5, 0.6) is 5.75 Å². The Labute approximate surface area is 181 Å². The molecule has 0 spiro atoms. The van der Waals surface area contributed by atoms with Crippen LogP contribution in [0.25, 0.3) is 0 Å². The molecular formula is C19H23FIN3O3S. The van der Waals surface area contributed by atoms with E-state index < -0.39 is 15.7 Å². The molecule has 9 heteroatoms. The molecule has 0 fully saturated rings. The van der Waals surface area contributed by atoms with Gasteiger partial charge in [0, 0.05) is 20.0 Å². The van der Waals surface area contributed by atoms with Gasteiger partial charge >= 0.3 is 0 Å². The number of benzene rings is 2. The largest absolute Gasteiger partial charge is 0.488 e. The van der Waals surface area contributed by atoms with Crippen LogP contribution in [0.2, 0.25) is 0 Å². The molecule has 0 aliphatic carbocycles. The molecule has 28 heavy (non-hydrogen) atoms. The van der Waals surface area contributed by atoms with Crippen molar-refractivity contribution < 1.29 is 17.5 Å². The molecule has 1 unspecified atom stereocenters. The number of nitrogens with one attached hydrogen (secondary N) is 2. The lowest BCUT2D eigenvalue weighted by molar-refractivity contribution is 0.235. The van der Waals surface area contributed by atoms with Crippen LogP contribution in [0.15, 0.2) is 58.4 Å². The lowest BCUT2D eigenvalue weighted by atomic mass is 10.1. The molecule has 0 radical (unpaired) electrons. The van der Waals surface area contributed by atoms with Crippen LogP contribution in [-0.2, 0) is 16.3 Å². The van der Waals surface area contributed by atoms with Gasteiger partial charge in [0.2, 0.25) is 0 Å². The highest BCUT2D eigenvalue weighted by Gasteiger charge is 2.22. The minimum Gasteiger partial charge on any atom is -0.488 e. The van der Waals surface area contributed by atoms with Gasteiger partial charge in [-0.25, -0.2) is 12.8 Å². The number of guanidine groups is 1. The first kappa shape index (κ1) is 22.4. The van der Waals surface area contributed by atoms with Crippen molar-refractivity contribution in [2.75, 3.05) is 25.9 Å². The first-order chi connectivity index (χ1) is 13.0. The van der Waals surface area contributed by atoms with E-state index in [-0.39, 0.29) is 47.3 Å². The summed E-state index contributed by atoms with van der Waals surface area (Å²) in [5, 5.41) is 6.07. The summed E-state index contributed by atoms with van der Waals surface area (Å²) in [7, 11) is -2.10. The summed E-state index contributed by atoms with van der Waals surface area (Å²) in [4.78, 5) is 3.79. The molecule has 0 saturated carbocycles. The Bertz CT molecular complexity index is 913. The summed E-state index contributed by atoms with van der Waals surface area (Å²) >= 11 is 0. The molecule has 0 aromatic heterocycles. The highest BCUT2D eigenvalue weighted by Crippen LogP contribution is 2.27. The Morgan fingerprint density at radius 3 is 2.61 bits per heavy atom. The van der Waals surface area contributed by atoms with E-state index in [0.29, 0.717) is 12.5 Å². The van der Waals surface area contributed by atoms with Gasteiger partial charge < -0.3 is 15.4 Å². The highest BCUT2D eigenvalue weighted by atomic mass is 127. The second-order valence-electron chi connectivity index (χ2n) is 6.18. The molecule has 0 saturated heterocycles. The topological polar surface area (TPSA) is 79.8 Å². The van der Waals surface area contributed by atoms with E-state index in [9.17, 15) is 12.8 Å². The van der Waals surface area contributed by atoms with Crippen LogP contribution in [0.4, 0.5) is 4.39 Å². The first-order valence-electron chi connectivity index (χ1n) is 8.66. The van der Waals surface area contributed by atoms with Crippen LogP contribution in [0.3, 0.4) is 0 Å². The quantitative estimate of drug-likeness (QED) is 0.348. The zero-order valence-electron chi connectivity index (χ0n) is 15.4. The van der Waals surface area contributed by atoms with E-state index in [4.69, 9.17) is 4.74 Å². The minimum absolute atomic E-state index is 0. The second-order valence-corrected chi connectivity index (χ2v) is 8.26. The van der Waals surface area contributed by atoms with Crippen molar-refractivity contribution in [3.8, 4) is 5.75 Å². The molecule has 6 nitrogen and oxygen atoms in total. The number of halogens is 2. The van der Waals surface area contributed by atoms with Crippen molar-refractivity contribution in [2.45, 2.75) is 17.4 Å². The van der Waals surface area contributed by atoms with Crippen molar-refractivity contribution in [1.82, 2.24) is 10.6 Å². The maximum absolute atomic E-state index is 13.7. The van der Waals surface area contributed by atoms with E-state index >= 15 is 0 Å². The number of para-hydroxylation sites is 1. The third-order valence-corrected chi connectivity index (χ3v) is 6.01. The predicted molar refractivity (Wildman–Crippen MR) is 118 cm³/mol. The average Bonchev–Trinajstić information content (AvgIpc) is 3.07. The third kappa shape index (κ3) is 5.57. The van der Waals surface area contributed by atoms with Crippen LogP contribution in [0, 0.1) is 5.82 Å². The number of fused-ring (bicyclic) bond motifs is 1. The Balaban J connectivity index is 0.00000280. The molecule has 2 aromatic carbocycles. The molecule has 2 aromatic rings. The summed E-state index contributed by atoms with van der Waals surface area (Å²) in [5.41, 5.74) is 1.17. The van der Waals surface area contributed by atoms with Crippen LogP contribution in [0.1, 0.15) is 5.56 Å². The van der Waals surface area contributed by atoms with Crippen LogP contribution in [-0.4, -0.2) is 46.4 Å². The van der Waals surface area contributed by atoms with Gasteiger partial charge in [-0.05, 0) is 23.8 Å². The van der Waals surface area contributed by atoms with Gasteiger partial charge in [-0.2, -0.15) is 0 Å². The van der Waals surface area contributed by atoms with Gasteiger partial charge in [-0.15, -0.1) is 24.0 Å². The minimum atomic E-state index is -3.71. The molecule has 1 aliphatic heterocycles. The smallest absolute Gasteiger partial charge is 0.191 e. The standard InChI is InChI=1S/C19H22FN3O3S.HI/c1-21-19(23-13-15-12-14-6-2-4-8-17(14)26-15)22-10-11-27(24,25)18-9-5-3-7-16(18)20;/h2-9,15H,10-13H2,1H3,(H2,21,22,23);1H. The SMILES string of the molecule is CN=C(NCCS(=O)(=O)c1ccccc1F)NCC1Cc2ccccc2O1.I. The molecular weight excluding hydrogens is 496 g/mol. The number of hydrogen-bond donors (Lipinski definition) is 2. The van der Waals surface area contributed by atoms with Crippen molar-refractivity contribution in [1.29, 1.82) is 0 Å². The van der Waals surface area contributed by atoms with E-state index in [0.717, 1.165) is 18.2 Å². The normalized spacial score (nSPS) is 15.9. The van der Waals surface area contributed by atoms with E-state index in [1.54, 1.807) is 7.05 Å². The van der Waals surface area contributed by atoms with Crippen molar-refractivity contribution in [3.05, 3.63) is 59.9 Å². The second kappa shape index (κ2) is 10.1. The zero-order chi connectivity index (χ0) is 19.3. The van der Waals surface area contributed by atoms with Gasteiger partial charge in [0.25, 0.3) is 0 Å². The van der Waals surface area contributed by atoms with Crippen LogP contribution < -0.4 is 15.4 Å². The fourth-order valence-electron chi connectivity index (χ4n) is 2.91. The first-order valence-corrected chi connectivity index (χ1v) is 10.3. The lowest BCUT2D eigenvalue weighted by Crippen LogP contribution is -2.43. The van der Waals surface area contributed by atoms with Gasteiger partial charge in [-0.3, -0.25) is 4.99 Å². The molecule has 1 aliphatic rings. The van der Waals surface area contributed by atoms with Crippen molar-refractivity contribution in [2.24, 2.45) is 4.99 Å². The van der Waals surface area contributed by atoms with Crippen LogP contribution >= 0.6 is 24.0 Å². The van der Waals surface area contributed by atoms with Gasteiger partial charge in [-0.1, -0.05) is 30.3 Å². The molecule has 152 valence electrons. The molecule has 2 N–H and O–H groups in total. The molecule has 3 rings (SSSR count). The van der Waals surface area contributed by atoms with Crippen molar-refractivity contribution >= 4 is 39.8 Å². The van der Waals surface area contributed by atoms with Gasteiger partial charge in [0.15, 0.2) is 15.8 Å². The van der Waals surface area contributed by atoms with Crippen molar-refractivity contribution in [3.63, 3.8) is 0 Å². The molecule has 0 amide bonds. The Kier molecular flexibility index (Phi) is 8.05. The van der Waals surface area contributed by atoms with Gasteiger partial charge in [0.05, 0.1) is 12.3 Å². The summed E-state index contributed by atoms with van der Waals surface area (Å²) in [6.45, 7) is 0.649. The van der Waals surface area contributed by atoms with E-state index in [1.807, 2.05) is 24.3 Å². The predicted octanol–water partition coefficient (Wildman–Crippen LogP) is 2.39. The maximum atomic E-state index is 13.7. The van der Waals surface area contributed by atoms with Gasteiger partial charge in [0.1, 0.15) is 22.6 Å². The molecule has 0 bridgehead atoms. The molecule has 1 atom stereocenters. The summed E-state index contributed by atoms with van der Waals surface area (Å²) < 4.78 is 44.1. The van der Waals surface area contributed by atoms with E-state index in [2.05, 4.69) is 15.6 Å². The zero-order valence-corrected chi connectivity index (χ0v) is 18.5. The fourth-order valence-corrected chi connectivity index (χ4v) is 4.15. The maximum Gasteiger partial charge on any atom is 0.191 e. The highest BCUT2D eigenvalue weighted by molar-refractivity contribution is 14.0. The third-order valence-electron chi connectivity index (χ3n) is 4.27. The fraction of sp³-hybridized carbons (Fsp3) is 0.316. The summed E-state index contributed by atoms with van der Waals surface area (Å²) in [6.07, 6.45) is 0.796. The average molecular weight is 519 g/mol. The number of rotatable bonds is 6. The Morgan fingerprint density at radius 1 is 1.18 bits per heavy atom. The Hall–Kier alpha value is -1.88. The number of aliphatic imine (C=N–C) groups is 1. The number of hydrogen-bond acceptors (Lipinski definition) is 4. The summed E-state index contributed by atoms with van der Waals surface area (Å²) in [5.74, 6) is 0.388. The lowest BCUT2D eigenvalue weighted by Gasteiger charge is -2.15.